The molecule has 0 spiro atoms. The van der Waals surface area contributed by atoms with E-state index in [0.29, 0.717) is 14.6 Å². The maximum absolute atomic E-state index is 12.2. The van der Waals surface area contributed by atoms with Crippen molar-refractivity contribution in [1.82, 2.24) is 4.72 Å². The first kappa shape index (κ1) is 14.5. The molecule has 1 aliphatic rings. The van der Waals surface area contributed by atoms with Gasteiger partial charge in [0.15, 0.2) is 0 Å². The van der Waals surface area contributed by atoms with Gasteiger partial charge in [0.1, 0.15) is 4.90 Å². The number of aliphatic hydroxyl groups excluding tert-OH is 1. The monoisotopic (exact) mass is 353 g/mol. The van der Waals surface area contributed by atoms with E-state index >= 15 is 0 Å². The van der Waals surface area contributed by atoms with Gasteiger partial charge >= 0.3 is 0 Å². The zero-order chi connectivity index (χ0) is 13.3. The molecule has 1 fully saturated rings. The van der Waals surface area contributed by atoms with Gasteiger partial charge in [-0.1, -0.05) is 12.8 Å². The van der Waals surface area contributed by atoms with Crippen LogP contribution in [-0.2, 0) is 16.6 Å². The first-order valence-electron chi connectivity index (χ1n) is 5.83. The number of thiophene rings is 1. The summed E-state index contributed by atoms with van der Waals surface area (Å²) in [6.45, 7) is 1.75. The Morgan fingerprint density at radius 3 is 2.78 bits per heavy atom. The molecule has 0 saturated heterocycles. The Morgan fingerprint density at radius 2 is 2.28 bits per heavy atom. The summed E-state index contributed by atoms with van der Waals surface area (Å²) in [5, 5.41) is 9.02. The molecule has 0 amide bonds. The Balaban J connectivity index is 2.10. The molecule has 2 N–H and O–H groups in total. The summed E-state index contributed by atoms with van der Waals surface area (Å²) in [6.07, 6.45) is 3.32. The van der Waals surface area contributed by atoms with Crippen LogP contribution < -0.4 is 4.72 Å². The second kappa shape index (κ2) is 5.58. The molecule has 0 aromatic carbocycles. The van der Waals surface area contributed by atoms with E-state index in [-0.39, 0.29) is 17.5 Å². The maximum atomic E-state index is 12.2. The Labute approximate surface area is 120 Å². The lowest BCUT2D eigenvalue weighted by molar-refractivity contribution is 0.285. The lowest BCUT2D eigenvalue weighted by Crippen LogP contribution is -2.32. The number of halogens is 1. The molecule has 1 atom stereocenters. The fourth-order valence-electron chi connectivity index (χ4n) is 1.89. The van der Waals surface area contributed by atoms with Crippen LogP contribution in [0.15, 0.2) is 14.7 Å². The molecule has 1 saturated carbocycles. The standard InChI is InChI=1S/C11H16BrNO3S2/c1-7(4-8-2-3-8)13-18(15,16)10-5-9(6-14)17-11(10)12/h5,7-8,13-14H,2-4,6H2,1H3. The topological polar surface area (TPSA) is 66.4 Å². The molecule has 1 heterocycles. The van der Waals surface area contributed by atoms with Crippen LogP contribution >= 0.6 is 27.3 Å². The maximum Gasteiger partial charge on any atom is 0.242 e. The highest BCUT2D eigenvalue weighted by Crippen LogP contribution is 2.35. The van der Waals surface area contributed by atoms with E-state index in [2.05, 4.69) is 20.7 Å². The predicted octanol–water partition coefficient (Wildman–Crippen LogP) is 2.47. The summed E-state index contributed by atoms with van der Waals surface area (Å²) >= 11 is 4.48. The zero-order valence-corrected chi connectivity index (χ0v) is 13.2. The number of aliphatic hydroxyl groups is 1. The predicted molar refractivity (Wildman–Crippen MR) is 75.1 cm³/mol. The fraction of sp³-hybridized carbons (Fsp3) is 0.636. The molecular formula is C11H16BrNO3S2. The van der Waals surface area contributed by atoms with Crippen LogP contribution in [0.2, 0.25) is 0 Å². The van der Waals surface area contributed by atoms with Crippen LogP contribution in [0.3, 0.4) is 0 Å². The van der Waals surface area contributed by atoms with Crippen molar-refractivity contribution in [1.29, 1.82) is 0 Å². The zero-order valence-electron chi connectivity index (χ0n) is 10.0. The highest BCUT2D eigenvalue weighted by atomic mass is 79.9. The third-order valence-corrected chi connectivity index (χ3v) is 6.72. The molecule has 1 unspecified atom stereocenters. The SMILES string of the molecule is CC(CC1CC1)NS(=O)(=O)c1cc(CO)sc1Br. The quantitative estimate of drug-likeness (QED) is 0.825. The molecule has 0 bridgehead atoms. The lowest BCUT2D eigenvalue weighted by atomic mass is 10.2. The van der Waals surface area contributed by atoms with Gasteiger partial charge in [-0.15, -0.1) is 11.3 Å². The number of rotatable bonds is 6. The highest BCUT2D eigenvalue weighted by molar-refractivity contribution is 9.11. The van der Waals surface area contributed by atoms with Crippen molar-refractivity contribution in [3.05, 3.63) is 14.7 Å². The highest BCUT2D eigenvalue weighted by Gasteiger charge is 2.27. The van der Waals surface area contributed by atoms with E-state index in [9.17, 15) is 8.42 Å². The Hall–Kier alpha value is 0.0500. The molecule has 1 aromatic rings. The minimum absolute atomic E-state index is 0.0492. The first-order chi connectivity index (χ1) is 8.42. The van der Waals surface area contributed by atoms with Crippen molar-refractivity contribution in [2.75, 3.05) is 0 Å². The van der Waals surface area contributed by atoms with Crippen LogP contribution in [0.25, 0.3) is 0 Å². The molecule has 0 aliphatic heterocycles. The molecule has 102 valence electrons. The third-order valence-electron chi connectivity index (χ3n) is 2.89. The number of hydrogen-bond donors (Lipinski definition) is 2. The van der Waals surface area contributed by atoms with Gasteiger partial charge < -0.3 is 5.11 Å². The van der Waals surface area contributed by atoms with Crippen LogP contribution in [0.1, 0.15) is 31.1 Å². The minimum Gasteiger partial charge on any atom is -0.391 e. The van der Waals surface area contributed by atoms with Gasteiger partial charge in [0, 0.05) is 10.9 Å². The average Bonchev–Trinajstić information content (AvgIpc) is 2.97. The fourth-order valence-corrected chi connectivity index (χ4v) is 5.69. The van der Waals surface area contributed by atoms with Crippen molar-refractivity contribution >= 4 is 37.3 Å². The van der Waals surface area contributed by atoms with Crippen LogP contribution in [0.5, 0.6) is 0 Å². The van der Waals surface area contributed by atoms with Gasteiger partial charge in [-0.25, -0.2) is 13.1 Å². The summed E-state index contributed by atoms with van der Waals surface area (Å²) < 4.78 is 27.6. The second-order valence-electron chi connectivity index (χ2n) is 4.71. The smallest absolute Gasteiger partial charge is 0.242 e. The van der Waals surface area contributed by atoms with Crippen molar-refractivity contribution < 1.29 is 13.5 Å². The molecular weight excluding hydrogens is 338 g/mol. The molecule has 18 heavy (non-hydrogen) atoms. The number of nitrogens with one attached hydrogen (secondary N) is 1. The normalized spacial score (nSPS) is 17.9. The van der Waals surface area contributed by atoms with Gasteiger partial charge in [-0.05, 0) is 41.3 Å². The Morgan fingerprint density at radius 1 is 1.61 bits per heavy atom. The summed E-state index contributed by atoms with van der Waals surface area (Å²) in [5.74, 6) is 0.682. The van der Waals surface area contributed by atoms with E-state index in [1.807, 2.05) is 6.92 Å². The van der Waals surface area contributed by atoms with Gasteiger partial charge in [0.2, 0.25) is 10.0 Å². The van der Waals surface area contributed by atoms with E-state index in [1.165, 1.54) is 30.2 Å². The Bertz CT molecular complexity index is 522. The van der Waals surface area contributed by atoms with Crippen LogP contribution in [0.4, 0.5) is 0 Å². The summed E-state index contributed by atoms with van der Waals surface area (Å²) in [5.41, 5.74) is 0. The summed E-state index contributed by atoms with van der Waals surface area (Å²) in [7, 11) is -3.49. The van der Waals surface area contributed by atoms with Crippen LogP contribution in [0, 0.1) is 5.92 Å². The number of hydrogen-bond acceptors (Lipinski definition) is 4. The molecule has 1 aliphatic carbocycles. The van der Waals surface area contributed by atoms with Crippen molar-refractivity contribution in [2.45, 2.75) is 43.7 Å². The molecule has 4 nitrogen and oxygen atoms in total. The van der Waals surface area contributed by atoms with Gasteiger partial charge in [-0.3, -0.25) is 0 Å². The van der Waals surface area contributed by atoms with Crippen molar-refractivity contribution in [3.63, 3.8) is 0 Å². The lowest BCUT2D eigenvalue weighted by Gasteiger charge is -2.13. The molecule has 1 aromatic heterocycles. The van der Waals surface area contributed by atoms with Gasteiger partial charge in [-0.2, -0.15) is 0 Å². The van der Waals surface area contributed by atoms with Gasteiger partial charge in [0.05, 0.1) is 10.4 Å². The third kappa shape index (κ3) is 3.54. The largest absolute Gasteiger partial charge is 0.391 e. The molecule has 7 heteroatoms. The molecule has 2 rings (SSSR count). The average molecular weight is 354 g/mol. The summed E-state index contributed by atoms with van der Waals surface area (Å²) in [4.78, 5) is 0.858. The molecule has 0 radical (unpaired) electrons. The van der Waals surface area contributed by atoms with E-state index in [0.717, 1.165) is 6.42 Å². The van der Waals surface area contributed by atoms with Crippen molar-refractivity contribution in [3.8, 4) is 0 Å². The van der Waals surface area contributed by atoms with E-state index in [1.54, 1.807) is 0 Å². The van der Waals surface area contributed by atoms with Crippen LogP contribution in [-0.4, -0.2) is 19.6 Å². The van der Waals surface area contributed by atoms with Crippen molar-refractivity contribution in [2.24, 2.45) is 5.92 Å². The summed E-state index contributed by atoms with van der Waals surface area (Å²) in [6, 6.07) is 1.47. The van der Waals surface area contributed by atoms with Gasteiger partial charge in [0.25, 0.3) is 0 Å². The minimum atomic E-state index is -3.49. The van der Waals surface area contributed by atoms with E-state index < -0.39 is 10.0 Å². The Kier molecular flexibility index (Phi) is 4.48. The second-order valence-corrected chi connectivity index (χ2v) is 8.85. The number of sulfonamides is 1. The first-order valence-corrected chi connectivity index (χ1v) is 8.93. The van der Waals surface area contributed by atoms with E-state index in [4.69, 9.17) is 5.11 Å².